The molecular weight excluding hydrogens is 461 g/mol. The second-order valence-electron chi connectivity index (χ2n) is 6.98. The molecule has 0 radical (unpaired) electrons. The monoisotopic (exact) mass is 483 g/mol. The number of anilines is 2. The van der Waals surface area contributed by atoms with E-state index in [1.165, 1.54) is 12.2 Å². The maximum Gasteiger partial charge on any atom is 0.317 e. The van der Waals surface area contributed by atoms with E-state index in [0.717, 1.165) is 19.3 Å². The molecule has 3 rings (SSSR count). The van der Waals surface area contributed by atoms with Crippen molar-refractivity contribution in [2.45, 2.75) is 43.8 Å². The molecule has 4 nitrogen and oxygen atoms in total. The second kappa shape index (κ2) is 11.9. The number of hydrogen-bond acceptors (Lipinski definition) is 6. The van der Waals surface area contributed by atoms with Crippen LogP contribution in [0.2, 0.25) is 10.0 Å². The van der Waals surface area contributed by atoms with Crippen LogP contribution < -0.4 is 5.32 Å². The molecule has 30 heavy (non-hydrogen) atoms. The average molecular weight is 484 g/mol. The van der Waals surface area contributed by atoms with Gasteiger partial charge in [-0.05, 0) is 43.0 Å². The Kier molecular flexibility index (Phi) is 9.25. The lowest BCUT2D eigenvalue weighted by Gasteiger charge is -2.14. The summed E-state index contributed by atoms with van der Waals surface area (Å²) in [6, 6.07) is 12.5. The Balaban J connectivity index is 1.49. The molecule has 0 saturated carbocycles. The number of rotatable bonds is 9. The fourth-order valence-electron chi connectivity index (χ4n) is 3.12. The number of hydrogen-bond donors (Lipinski definition) is 1. The molecule has 1 aliphatic heterocycles. The van der Waals surface area contributed by atoms with Gasteiger partial charge in [-0.25, -0.2) is 0 Å². The van der Waals surface area contributed by atoms with Gasteiger partial charge in [0, 0.05) is 23.1 Å². The van der Waals surface area contributed by atoms with E-state index in [1.54, 1.807) is 24.3 Å². The molecule has 0 amide bonds. The number of carbonyl (C=O) groups is 2. The number of benzene rings is 2. The van der Waals surface area contributed by atoms with Gasteiger partial charge in [0.15, 0.2) is 0 Å². The van der Waals surface area contributed by atoms with Gasteiger partial charge < -0.3 is 10.1 Å². The number of carbonyl (C=O) groups excluding carboxylic acids is 2. The Bertz CT molecular complexity index is 868. The third-order valence-corrected chi connectivity index (χ3v) is 8.32. The van der Waals surface area contributed by atoms with E-state index < -0.39 is 11.9 Å². The van der Waals surface area contributed by atoms with Gasteiger partial charge in [0.1, 0.15) is 0 Å². The van der Waals surface area contributed by atoms with E-state index in [2.05, 4.69) is 5.32 Å². The van der Waals surface area contributed by atoms with Crippen LogP contribution >= 0.6 is 44.8 Å². The van der Waals surface area contributed by atoms with Crippen LogP contribution in [0, 0.1) is 0 Å². The number of para-hydroxylation sites is 2. The maximum absolute atomic E-state index is 12.3. The molecule has 0 spiro atoms. The first-order chi connectivity index (χ1) is 14.5. The molecule has 1 fully saturated rings. The highest BCUT2D eigenvalue weighted by atomic mass is 35.5. The van der Waals surface area contributed by atoms with Gasteiger partial charge in [-0.2, -0.15) is 0 Å². The van der Waals surface area contributed by atoms with E-state index in [0.29, 0.717) is 32.2 Å². The fraction of sp³-hybridized carbons (Fsp3) is 0.364. The predicted molar refractivity (Wildman–Crippen MR) is 128 cm³/mol. The van der Waals surface area contributed by atoms with Crippen molar-refractivity contribution in [3.05, 3.63) is 58.1 Å². The van der Waals surface area contributed by atoms with Gasteiger partial charge in [-0.1, -0.05) is 75.5 Å². The van der Waals surface area contributed by atoms with Crippen molar-refractivity contribution in [3.8, 4) is 0 Å². The van der Waals surface area contributed by atoms with Crippen molar-refractivity contribution >= 4 is 68.1 Å². The lowest BCUT2D eigenvalue weighted by Crippen LogP contribution is -2.15. The Hall–Kier alpha value is -1.34. The first-order valence-electron chi connectivity index (χ1n) is 9.83. The summed E-state index contributed by atoms with van der Waals surface area (Å²) >= 11 is 12.4. The molecule has 0 aliphatic carbocycles. The summed E-state index contributed by atoms with van der Waals surface area (Å²) in [7, 11) is 3.86. The summed E-state index contributed by atoms with van der Waals surface area (Å²) in [6.07, 6.45) is 4.33. The van der Waals surface area contributed by atoms with Crippen molar-refractivity contribution in [2.24, 2.45) is 0 Å². The Labute approximate surface area is 194 Å². The molecule has 160 valence electrons. The van der Waals surface area contributed by atoms with Gasteiger partial charge in [-0.3, -0.25) is 9.59 Å². The first kappa shape index (κ1) is 23.3. The van der Waals surface area contributed by atoms with Crippen LogP contribution in [0.1, 0.15) is 37.7 Å². The number of nitrogens with one attached hydrogen (secondary N) is 1. The Morgan fingerprint density at radius 2 is 1.80 bits per heavy atom. The Morgan fingerprint density at radius 1 is 1.03 bits per heavy atom. The molecule has 1 unspecified atom stereocenters. The predicted octanol–water partition coefficient (Wildman–Crippen LogP) is 7.06. The molecule has 1 N–H and O–H groups in total. The van der Waals surface area contributed by atoms with Crippen LogP contribution in [-0.4, -0.2) is 22.9 Å². The average Bonchev–Trinajstić information content (AvgIpc) is 3.23. The lowest BCUT2D eigenvalue weighted by atomic mass is 10.1. The van der Waals surface area contributed by atoms with Crippen LogP contribution in [0.25, 0.3) is 0 Å². The normalized spacial score (nSPS) is 15.7. The molecule has 1 atom stereocenters. The number of halogens is 2. The van der Waals surface area contributed by atoms with Crippen molar-refractivity contribution in [2.75, 3.05) is 11.1 Å². The van der Waals surface area contributed by atoms with Crippen molar-refractivity contribution in [1.29, 1.82) is 0 Å². The molecule has 1 aliphatic rings. The van der Waals surface area contributed by atoms with Gasteiger partial charge in [0.25, 0.3) is 0 Å². The minimum atomic E-state index is -0.567. The quantitative estimate of drug-likeness (QED) is 0.178. The summed E-state index contributed by atoms with van der Waals surface area (Å²) in [5.41, 5.74) is 1.95. The summed E-state index contributed by atoms with van der Waals surface area (Å²) < 4.78 is 5.01. The summed E-state index contributed by atoms with van der Waals surface area (Å²) in [5, 5.41) is 4.83. The minimum Gasteiger partial charge on any atom is -0.393 e. The molecule has 1 heterocycles. The maximum atomic E-state index is 12.3. The molecule has 2 aromatic rings. The second-order valence-corrected chi connectivity index (χ2v) is 10.6. The SMILES string of the molecule is O=C(CCCCC1CCSS1)OC(=O)Cc1ccccc1Nc1c(Cl)cccc1Cl. The van der Waals surface area contributed by atoms with E-state index in [1.807, 2.05) is 39.8 Å². The highest BCUT2D eigenvalue weighted by Crippen LogP contribution is 2.40. The van der Waals surface area contributed by atoms with E-state index >= 15 is 0 Å². The zero-order valence-electron chi connectivity index (χ0n) is 16.4. The van der Waals surface area contributed by atoms with E-state index in [-0.39, 0.29) is 12.8 Å². The largest absolute Gasteiger partial charge is 0.393 e. The third-order valence-electron chi connectivity index (χ3n) is 4.69. The van der Waals surface area contributed by atoms with Crippen LogP contribution in [-0.2, 0) is 20.7 Å². The highest BCUT2D eigenvalue weighted by molar-refractivity contribution is 8.77. The number of esters is 2. The smallest absolute Gasteiger partial charge is 0.317 e. The fourth-order valence-corrected chi connectivity index (χ4v) is 6.64. The molecule has 8 heteroatoms. The van der Waals surface area contributed by atoms with Crippen LogP contribution in [0.3, 0.4) is 0 Å². The van der Waals surface area contributed by atoms with Crippen molar-refractivity contribution < 1.29 is 14.3 Å². The topological polar surface area (TPSA) is 55.4 Å². The third kappa shape index (κ3) is 7.12. The van der Waals surface area contributed by atoms with Crippen molar-refractivity contribution in [3.63, 3.8) is 0 Å². The number of ether oxygens (including phenoxy) is 1. The van der Waals surface area contributed by atoms with Gasteiger partial charge >= 0.3 is 11.9 Å². The lowest BCUT2D eigenvalue weighted by molar-refractivity contribution is -0.159. The molecule has 0 aromatic heterocycles. The minimum absolute atomic E-state index is 0.0209. The first-order valence-corrected chi connectivity index (χ1v) is 13.0. The Morgan fingerprint density at radius 3 is 2.53 bits per heavy atom. The van der Waals surface area contributed by atoms with Crippen LogP contribution in [0.4, 0.5) is 11.4 Å². The van der Waals surface area contributed by atoms with Gasteiger partial charge in [-0.15, -0.1) is 0 Å². The van der Waals surface area contributed by atoms with Crippen molar-refractivity contribution in [1.82, 2.24) is 0 Å². The van der Waals surface area contributed by atoms with Crippen LogP contribution in [0.5, 0.6) is 0 Å². The van der Waals surface area contributed by atoms with E-state index in [4.69, 9.17) is 27.9 Å². The molecule has 2 aromatic carbocycles. The zero-order chi connectivity index (χ0) is 21.3. The zero-order valence-corrected chi connectivity index (χ0v) is 19.5. The molecule has 0 bridgehead atoms. The molecular formula is C22H23Cl2NO3S2. The summed E-state index contributed by atoms with van der Waals surface area (Å²) in [4.78, 5) is 24.3. The van der Waals surface area contributed by atoms with E-state index in [9.17, 15) is 9.59 Å². The molecule has 1 saturated heterocycles. The van der Waals surface area contributed by atoms with Gasteiger partial charge in [0.2, 0.25) is 0 Å². The summed E-state index contributed by atoms with van der Waals surface area (Å²) in [5.74, 6) is 0.181. The summed E-state index contributed by atoms with van der Waals surface area (Å²) in [6.45, 7) is 0. The number of unbranched alkanes of at least 4 members (excludes halogenated alkanes) is 1. The van der Waals surface area contributed by atoms with Crippen LogP contribution in [0.15, 0.2) is 42.5 Å². The highest BCUT2D eigenvalue weighted by Gasteiger charge is 2.17. The standard InChI is InChI=1S/C22H23Cl2NO3S2/c23-17-8-5-9-18(24)22(17)25-19-10-3-1-6-15(19)14-21(27)28-20(26)11-4-2-7-16-12-13-29-30-16/h1,3,5-6,8-10,16,25H,2,4,7,11-14H2. The van der Waals surface area contributed by atoms with Gasteiger partial charge in [0.05, 0.1) is 22.2 Å².